The van der Waals surface area contributed by atoms with Gasteiger partial charge in [0, 0.05) is 28.2 Å². The van der Waals surface area contributed by atoms with Gasteiger partial charge in [0.2, 0.25) is 5.43 Å². The average molecular weight is 349 g/mol. The Kier molecular flexibility index (Phi) is 4.19. The van der Waals surface area contributed by atoms with Gasteiger partial charge in [-0.1, -0.05) is 11.6 Å². The highest BCUT2D eigenvalue weighted by molar-refractivity contribution is 7.13. The zero-order valence-corrected chi connectivity index (χ0v) is 14.0. The number of nitrogens with zero attached hydrogens (tertiary/aromatic N) is 1. The van der Waals surface area contributed by atoms with Crippen LogP contribution in [0.25, 0.3) is 21.5 Å². The predicted molar refractivity (Wildman–Crippen MR) is 91.4 cm³/mol. The molecular formula is C16H13ClN2O3S. The first-order valence-corrected chi connectivity index (χ1v) is 8.21. The number of pyridine rings is 1. The van der Waals surface area contributed by atoms with E-state index in [1.54, 1.807) is 19.1 Å². The van der Waals surface area contributed by atoms with Crippen molar-refractivity contribution >= 4 is 39.8 Å². The highest BCUT2D eigenvalue weighted by Crippen LogP contribution is 2.32. The fourth-order valence-electron chi connectivity index (χ4n) is 2.24. The number of halogens is 1. The van der Waals surface area contributed by atoms with Crippen molar-refractivity contribution in [1.82, 2.24) is 9.97 Å². The number of carbonyl (C=O) groups is 1. The lowest BCUT2D eigenvalue weighted by Crippen LogP contribution is -2.18. The molecule has 7 heteroatoms. The summed E-state index contributed by atoms with van der Waals surface area (Å²) in [6.45, 7) is 3.80. The number of thiazole rings is 1. The van der Waals surface area contributed by atoms with Gasteiger partial charge in [-0.25, -0.2) is 9.78 Å². The Hall–Kier alpha value is -2.18. The molecule has 0 radical (unpaired) electrons. The maximum atomic E-state index is 12.5. The maximum Gasteiger partial charge on any atom is 0.343 e. The van der Waals surface area contributed by atoms with Crippen LogP contribution in [0.1, 0.15) is 23.0 Å². The molecule has 0 unspecified atom stereocenters. The van der Waals surface area contributed by atoms with Crippen molar-refractivity contribution in [2.24, 2.45) is 0 Å². The Morgan fingerprint density at radius 1 is 1.43 bits per heavy atom. The number of benzene rings is 1. The molecule has 3 rings (SSSR count). The van der Waals surface area contributed by atoms with Crippen molar-refractivity contribution in [3.8, 4) is 10.6 Å². The molecule has 118 valence electrons. The number of nitrogens with one attached hydrogen (secondary N) is 1. The van der Waals surface area contributed by atoms with Crippen LogP contribution in [-0.4, -0.2) is 22.5 Å². The summed E-state index contributed by atoms with van der Waals surface area (Å²) >= 11 is 7.79. The van der Waals surface area contributed by atoms with Crippen LogP contribution in [0.5, 0.6) is 0 Å². The Labute approximate surface area is 140 Å². The first-order chi connectivity index (χ1) is 11.0. The minimum Gasteiger partial charge on any atom is -0.462 e. The lowest BCUT2D eigenvalue weighted by atomic mass is 10.1. The molecule has 5 nitrogen and oxygen atoms in total. The Morgan fingerprint density at radius 3 is 2.87 bits per heavy atom. The van der Waals surface area contributed by atoms with Crippen molar-refractivity contribution in [3.05, 3.63) is 50.2 Å². The van der Waals surface area contributed by atoms with Crippen LogP contribution in [-0.2, 0) is 4.74 Å². The predicted octanol–water partition coefficient (Wildman–Crippen LogP) is 3.79. The molecule has 0 amide bonds. The number of carbonyl (C=O) groups excluding carboxylic acids is 1. The summed E-state index contributed by atoms with van der Waals surface area (Å²) < 4.78 is 4.88. The largest absolute Gasteiger partial charge is 0.462 e. The van der Waals surface area contributed by atoms with Crippen molar-refractivity contribution in [2.75, 3.05) is 6.61 Å². The normalized spacial score (nSPS) is 10.9. The Bertz CT molecular complexity index is 962. The molecule has 0 fully saturated rings. The highest BCUT2D eigenvalue weighted by atomic mass is 35.5. The average Bonchev–Trinajstić information content (AvgIpc) is 2.94. The van der Waals surface area contributed by atoms with Crippen LogP contribution in [0.4, 0.5) is 0 Å². The van der Waals surface area contributed by atoms with E-state index < -0.39 is 11.4 Å². The SMILES string of the molecule is CCOC(=O)c1c[nH]c2cc(-c3nc(C)cs3)c(Cl)cc2c1=O. The zero-order valence-electron chi connectivity index (χ0n) is 12.5. The zero-order chi connectivity index (χ0) is 16.6. The molecule has 23 heavy (non-hydrogen) atoms. The third kappa shape index (κ3) is 2.87. The number of hydrogen-bond acceptors (Lipinski definition) is 5. The van der Waals surface area contributed by atoms with E-state index in [4.69, 9.17) is 16.3 Å². The van der Waals surface area contributed by atoms with Gasteiger partial charge in [0.05, 0.1) is 17.1 Å². The maximum absolute atomic E-state index is 12.5. The number of hydrogen-bond donors (Lipinski definition) is 1. The van der Waals surface area contributed by atoms with Gasteiger partial charge in [-0.05, 0) is 26.0 Å². The highest BCUT2D eigenvalue weighted by Gasteiger charge is 2.16. The molecule has 0 aliphatic heterocycles. The van der Waals surface area contributed by atoms with E-state index in [0.29, 0.717) is 15.9 Å². The number of rotatable bonds is 3. The van der Waals surface area contributed by atoms with Gasteiger partial charge in [-0.15, -0.1) is 11.3 Å². The molecular weight excluding hydrogens is 336 g/mol. The summed E-state index contributed by atoms with van der Waals surface area (Å²) in [5.41, 5.74) is 1.81. The smallest absolute Gasteiger partial charge is 0.343 e. The van der Waals surface area contributed by atoms with Gasteiger partial charge < -0.3 is 9.72 Å². The molecule has 0 saturated carbocycles. The molecule has 0 aliphatic carbocycles. The summed E-state index contributed by atoms with van der Waals surface area (Å²) in [6.07, 6.45) is 1.37. The van der Waals surface area contributed by atoms with Crippen molar-refractivity contribution in [2.45, 2.75) is 13.8 Å². The van der Waals surface area contributed by atoms with E-state index in [2.05, 4.69) is 9.97 Å². The lowest BCUT2D eigenvalue weighted by Gasteiger charge is -2.06. The number of aromatic nitrogens is 2. The number of H-pyrrole nitrogens is 1. The summed E-state index contributed by atoms with van der Waals surface area (Å²) in [7, 11) is 0. The first-order valence-electron chi connectivity index (χ1n) is 6.95. The van der Waals surface area contributed by atoms with Crippen LogP contribution < -0.4 is 5.43 Å². The molecule has 0 aliphatic rings. The van der Waals surface area contributed by atoms with Crippen LogP contribution in [0.15, 0.2) is 28.5 Å². The molecule has 0 spiro atoms. The van der Waals surface area contributed by atoms with Gasteiger partial charge >= 0.3 is 5.97 Å². The van der Waals surface area contributed by atoms with Crippen molar-refractivity contribution in [1.29, 1.82) is 0 Å². The van der Waals surface area contributed by atoms with Crippen molar-refractivity contribution in [3.63, 3.8) is 0 Å². The van der Waals surface area contributed by atoms with Gasteiger partial charge in [0.1, 0.15) is 10.6 Å². The number of aromatic amines is 1. The minimum atomic E-state index is -0.647. The van der Waals surface area contributed by atoms with Crippen molar-refractivity contribution < 1.29 is 9.53 Å². The fourth-order valence-corrected chi connectivity index (χ4v) is 3.38. The number of aryl methyl sites for hydroxylation is 1. The Balaban J connectivity index is 2.18. The topological polar surface area (TPSA) is 72.1 Å². The molecule has 1 aromatic carbocycles. The summed E-state index contributed by atoms with van der Waals surface area (Å²) in [5.74, 6) is -0.647. The lowest BCUT2D eigenvalue weighted by molar-refractivity contribution is 0.0524. The van der Waals surface area contributed by atoms with E-state index in [1.165, 1.54) is 17.5 Å². The van der Waals surface area contributed by atoms with Gasteiger partial charge in [-0.3, -0.25) is 4.79 Å². The van der Waals surface area contributed by atoms with Gasteiger partial charge in [-0.2, -0.15) is 0 Å². The van der Waals surface area contributed by atoms with E-state index in [9.17, 15) is 9.59 Å². The van der Waals surface area contributed by atoms with Gasteiger partial charge in [0.15, 0.2) is 0 Å². The molecule has 1 N–H and O–H groups in total. The second kappa shape index (κ2) is 6.14. The van der Waals surface area contributed by atoms with E-state index in [0.717, 1.165) is 16.3 Å². The molecule has 2 aromatic heterocycles. The molecule has 0 atom stereocenters. The summed E-state index contributed by atoms with van der Waals surface area (Å²) in [4.78, 5) is 31.6. The van der Waals surface area contributed by atoms with Crippen LogP contribution in [0.2, 0.25) is 5.02 Å². The van der Waals surface area contributed by atoms with Crippen LogP contribution >= 0.6 is 22.9 Å². The van der Waals surface area contributed by atoms with Gasteiger partial charge in [0.25, 0.3) is 0 Å². The first kappa shape index (κ1) is 15.7. The summed E-state index contributed by atoms with van der Waals surface area (Å²) in [6, 6.07) is 3.33. The molecule has 2 heterocycles. The van der Waals surface area contributed by atoms with E-state index in [1.807, 2.05) is 12.3 Å². The quantitative estimate of drug-likeness (QED) is 0.731. The monoisotopic (exact) mass is 348 g/mol. The third-order valence-electron chi connectivity index (χ3n) is 3.31. The van der Waals surface area contributed by atoms with E-state index >= 15 is 0 Å². The third-order valence-corrected chi connectivity index (χ3v) is 4.62. The second-order valence-electron chi connectivity index (χ2n) is 4.92. The number of esters is 1. The number of fused-ring (bicyclic) bond motifs is 1. The number of ether oxygens (including phenoxy) is 1. The van der Waals surface area contributed by atoms with Crippen LogP contribution in [0, 0.1) is 6.92 Å². The van der Waals surface area contributed by atoms with Crippen LogP contribution in [0.3, 0.4) is 0 Å². The molecule has 0 saturated heterocycles. The van der Waals surface area contributed by atoms with E-state index in [-0.39, 0.29) is 12.2 Å². The second-order valence-corrected chi connectivity index (χ2v) is 6.19. The minimum absolute atomic E-state index is 0.0340. The summed E-state index contributed by atoms with van der Waals surface area (Å²) in [5, 5.41) is 3.48. The Morgan fingerprint density at radius 2 is 2.22 bits per heavy atom. The standard InChI is InChI=1S/C16H13ClN2O3S/c1-3-22-16(21)11-6-18-13-5-9(15-19-8(2)7-23-15)12(17)4-10(13)14(11)20/h4-7H,3H2,1-2H3,(H,18,20). The fraction of sp³-hybridized carbons (Fsp3) is 0.188. The molecule has 3 aromatic rings. The molecule has 0 bridgehead atoms.